The molecule has 16 heavy (non-hydrogen) atoms. The average Bonchev–Trinajstić information content (AvgIpc) is 2.57. The van der Waals surface area contributed by atoms with E-state index in [1.165, 1.54) is 30.6 Å². The molecular weight excluding hydrogens is 240 g/mol. The van der Waals surface area contributed by atoms with Gasteiger partial charge in [0.2, 0.25) is 5.13 Å². The van der Waals surface area contributed by atoms with Gasteiger partial charge in [0.15, 0.2) is 3.95 Å². The maximum absolute atomic E-state index is 5.05. The molecule has 0 spiro atoms. The molecule has 0 unspecified atom stereocenters. The molecular formula is C10H18N4S2. The Kier molecular flexibility index (Phi) is 3.32. The highest BCUT2D eigenvalue weighted by atomic mass is 32.1. The highest BCUT2D eigenvalue weighted by molar-refractivity contribution is 7.73. The summed E-state index contributed by atoms with van der Waals surface area (Å²) < 4.78 is 0.745. The number of likely N-dealkylation sites (N-methyl/N-ethyl adjacent to an activating group) is 2. The Morgan fingerprint density at radius 1 is 1.44 bits per heavy atom. The Labute approximate surface area is 105 Å². The first kappa shape index (κ1) is 12.0. The Balaban J connectivity index is 2.06. The van der Waals surface area contributed by atoms with Gasteiger partial charge >= 0.3 is 0 Å². The number of hydrogen-bond acceptors (Lipinski definition) is 5. The summed E-state index contributed by atoms with van der Waals surface area (Å²) >= 11 is 6.59. The summed E-state index contributed by atoms with van der Waals surface area (Å²) in [6.45, 7) is 1.02. The second-order valence-corrected chi connectivity index (χ2v) is 6.37. The Morgan fingerprint density at radius 3 is 2.50 bits per heavy atom. The van der Waals surface area contributed by atoms with Gasteiger partial charge in [-0.25, -0.2) is 0 Å². The van der Waals surface area contributed by atoms with Crippen LogP contribution in [0.25, 0.3) is 0 Å². The van der Waals surface area contributed by atoms with E-state index in [2.05, 4.69) is 41.1 Å². The third-order valence-electron chi connectivity index (χ3n) is 3.52. The van der Waals surface area contributed by atoms with Crippen molar-refractivity contribution in [1.82, 2.24) is 15.1 Å². The molecule has 0 amide bonds. The van der Waals surface area contributed by atoms with E-state index in [4.69, 9.17) is 12.2 Å². The van der Waals surface area contributed by atoms with E-state index >= 15 is 0 Å². The zero-order valence-electron chi connectivity index (χ0n) is 9.99. The summed E-state index contributed by atoms with van der Waals surface area (Å²) in [5.74, 6) is 0. The predicted octanol–water partition coefficient (Wildman–Crippen LogP) is 2.12. The minimum absolute atomic E-state index is 0.335. The molecule has 1 aromatic heterocycles. The van der Waals surface area contributed by atoms with Gasteiger partial charge in [0.25, 0.3) is 0 Å². The average molecular weight is 258 g/mol. The standard InChI is InChI=1S/C10H18N4S2/c1-13(2)10(5-4-6-10)7-14(3)8-11-12-9(15)16-8/h4-7H2,1-3H3,(H,12,15). The van der Waals surface area contributed by atoms with Gasteiger partial charge < -0.3 is 9.80 Å². The van der Waals surface area contributed by atoms with Crippen LogP contribution in [0.3, 0.4) is 0 Å². The first-order chi connectivity index (χ1) is 7.53. The Morgan fingerprint density at radius 2 is 2.12 bits per heavy atom. The number of nitrogens with one attached hydrogen (secondary N) is 1. The largest absolute Gasteiger partial charge is 0.348 e. The summed E-state index contributed by atoms with van der Waals surface area (Å²) in [7, 11) is 6.42. The number of nitrogens with zero attached hydrogens (tertiary/aromatic N) is 3. The van der Waals surface area contributed by atoms with Crippen molar-refractivity contribution in [3.05, 3.63) is 3.95 Å². The van der Waals surface area contributed by atoms with Crippen LogP contribution in [-0.2, 0) is 0 Å². The normalized spacial score (nSPS) is 18.5. The lowest BCUT2D eigenvalue weighted by Gasteiger charge is -2.49. The first-order valence-electron chi connectivity index (χ1n) is 5.48. The molecule has 1 aliphatic carbocycles. The lowest BCUT2D eigenvalue weighted by molar-refractivity contribution is 0.0683. The van der Waals surface area contributed by atoms with E-state index in [0.717, 1.165) is 15.6 Å². The molecule has 6 heteroatoms. The minimum atomic E-state index is 0.335. The highest BCUT2D eigenvalue weighted by Crippen LogP contribution is 2.37. The molecule has 0 saturated heterocycles. The lowest BCUT2D eigenvalue weighted by Crippen LogP contribution is -2.56. The third kappa shape index (κ3) is 2.14. The summed E-state index contributed by atoms with van der Waals surface area (Å²) in [6, 6.07) is 0. The van der Waals surface area contributed by atoms with Crippen LogP contribution in [0.4, 0.5) is 5.13 Å². The number of H-pyrrole nitrogens is 1. The molecule has 0 aromatic carbocycles. The second kappa shape index (κ2) is 4.43. The van der Waals surface area contributed by atoms with Crippen molar-refractivity contribution < 1.29 is 0 Å². The van der Waals surface area contributed by atoms with E-state index in [-0.39, 0.29) is 0 Å². The van der Waals surface area contributed by atoms with Crippen molar-refractivity contribution in [1.29, 1.82) is 0 Å². The van der Waals surface area contributed by atoms with Gasteiger partial charge in [0.1, 0.15) is 0 Å². The van der Waals surface area contributed by atoms with Gasteiger partial charge in [-0.05, 0) is 45.6 Å². The Hall–Kier alpha value is -0.460. The van der Waals surface area contributed by atoms with Crippen molar-refractivity contribution in [2.45, 2.75) is 24.8 Å². The molecule has 1 aliphatic rings. The number of aromatic nitrogens is 2. The number of aromatic amines is 1. The Bertz CT molecular complexity index is 405. The fourth-order valence-electron chi connectivity index (χ4n) is 2.23. The molecule has 1 N–H and O–H groups in total. The molecule has 4 nitrogen and oxygen atoms in total. The summed E-state index contributed by atoms with van der Waals surface area (Å²) in [6.07, 6.45) is 3.89. The van der Waals surface area contributed by atoms with Crippen LogP contribution in [0.5, 0.6) is 0 Å². The van der Waals surface area contributed by atoms with E-state index in [9.17, 15) is 0 Å². The molecule has 0 atom stereocenters. The monoisotopic (exact) mass is 258 g/mol. The molecule has 1 aromatic rings. The topological polar surface area (TPSA) is 35.2 Å². The first-order valence-corrected chi connectivity index (χ1v) is 6.70. The van der Waals surface area contributed by atoms with Crippen LogP contribution < -0.4 is 4.90 Å². The molecule has 1 fully saturated rings. The number of anilines is 1. The fourth-order valence-corrected chi connectivity index (χ4v) is 3.06. The maximum atomic E-state index is 5.05. The summed E-state index contributed by atoms with van der Waals surface area (Å²) in [4.78, 5) is 4.55. The molecule has 1 heterocycles. The molecule has 0 aliphatic heterocycles. The molecule has 0 bridgehead atoms. The van der Waals surface area contributed by atoms with Crippen LogP contribution in [0, 0.1) is 3.95 Å². The van der Waals surface area contributed by atoms with Crippen LogP contribution >= 0.6 is 23.6 Å². The van der Waals surface area contributed by atoms with Gasteiger partial charge in [0.05, 0.1) is 0 Å². The zero-order valence-corrected chi connectivity index (χ0v) is 11.6. The van der Waals surface area contributed by atoms with Crippen molar-refractivity contribution in [2.24, 2.45) is 0 Å². The lowest BCUT2D eigenvalue weighted by atomic mass is 9.75. The van der Waals surface area contributed by atoms with Gasteiger partial charge in [-0.15, -0.1) is 5.10 Å². The fraction of sp³-hybridized carbons (Fsp3) is 0.800. The van der Waals surface area contributed by atoms with Gasteiger partial charge in [-0.1, -0.05) is 11.3 Å². The molecule has 90 valence electrons. The number of hydrogen-bond donors (Lipinski definition) is 1. The van der Waals surface area contributed by atoms with Gasteiger partial charge in [-0.3, -0.25) is 5.10 Å². The third-order valence-corrected chi connectivity index (χ3v) is 4.72. The zero-order chi connectivity index (χ0) is 11.8. The van der Waals surface area contributed by atoms with E-state index < -0.39 is 0 Å². The van der Waals surface area contributed by atoms with Gasteiger partial charge in [-0.2, -0.15) is 0 Å². The quantitative estimate of drug-likeness (QED) is 0.839. The van der Waals surface area contributed by atoms with E-state index in [1.807, 2.05) is 0 Å². The van der Waals surface area contributed by atoms with E-state index in [0.29, 0.717) is 5.54 Å². The van der Waals surface area contributed by atoms with Crippen molar-refractivity contribution in [2.75, 3.05) is 32.6 Å². The van der Waals surface area contributed by atoms with Crippen molar-refractivity contribution in [3.63, 3.8) is 0 Å². The number of rotatable bonds is 4. The van der Waals surface area contributed by atoms with Crippen LogP contribution in [-0.4, -0.2) is 48.3 Å². The maximum Gasteiger partial charge on any atom is 0.206 e. The summed E-state index contributed by atoms with van der Waals surface area (Å²) in [5.41, 5.74) is 0.335. The van der Waals surface area contributed by atoms with E-state index in [1.54, 1.807) is 0 Å². The highest BCUT2D eigenvalue weighted by Gasteiger charge is 2.40. The molecule has 0 radical (unpaired) electrons. The second-order valence-electron chi connectivity index (χ2n) is 4.72. The van der Waals surface area contributed by atoms with Crippen LogP contribution in [0.15, 0.2) is 0 Å². The van der Waals surface area contributed by atoms with Crippen LogP contribution in [0.2, 0.25) is 0 Å². The van der Waals surface area contributed by atoms with Crippen molar-refractivity contribution in [3.8, 4) is 0 Å². The van der Waals surface area contributed by atoms with Gasteiger partial charge in [0, 0.05) is 19.1 Å². The minimum Gasteiger partial charge on any atom is -0.348 e. The molecule has 2 rings (SSSR count). The van der Waals surface area contributed by atoms with Crippen LogP contribution in [0.1, 0.15) is 19.3 Å². The predicted molar refractivity (Wildman–Crippen MR) is 70.8 cm³/mol. The van der Waals surface area contributed by atoms with Crippen molar-refractivity contribution >= 4 is 28.7 Å². The molecule has 1 saturated carbocycles. The SMILES string of the molecule is CN(CC1(N(C)C)CCC1)c1n[nH]c(=S)s1. The smallest absolute Gasteiger partial charge is 0.206 e. The summed E-state index contributed by atoms with van der Waals surface area (Å²) in [5, 5.41) is 8.03.